The molecule has 26 heavy (non-hydrogen) atoms. The molecule has 4 rings (SSSR count). The van der Waals surface area contributed by atoms with Gasteiger partial charge in [0.15, 0.2) is 0 Å². The number of aliphatic hydroxyl groups is 1. The summed E-state index contributed by atoms with van der Waals surface area (Å²) in [6.45, 7) is 0. The zero-order valence-electron chi connectivity index (χ0n) is 14.4. The highest BCUT2D eigenvalue weighted by Gasteiger charge is 2.35. The maximum atomic E-state index is 13.0. The number of amides is 1. The molecule has 2 N–H and O–H groups in total. The van der Waals surface area contributed by atoms with E-state index in [9.17, 15) is 9.90 Å². The number of hydrogen-bond donors (Lipinski definition) is 2. The van der Waals surface area contributed by atoms with Crippen molar-refractivity contribution in [2.75, 3.05) is 0 Å². The fourth-order valence-corrected chi connectivity index (χ4v) is 3.58. The summed E-state index contributed by atoms with van der Waals surface area (Å²) in [4.78, 5) is 21.7. The van der Waals surface area contributed by atoms with Crippen molar-refractivity contribution in [3.8, 4) is 0 Å². The van der Waals surface area contributed by atoms with Crippen molar-refractivity contribution in [3.63, 3.8) is 0 Å². The standard InChI is InChI=1S/C21H21N3O2/c25-16-11-14(12-16)20(13-15-5-3-4-9-22-15)24-21(26)18-8-10-23-19-7-2-1-6-17(18)19/h1-10,14,16,20,25H,11-13H2,(H,24,26)/t14?,16?,20-/m0/s1. The summed E-state index contributed by atoms with van der Waals surface area (Å²) in [5.41, 5.74) is 2.38. The van der Waals surface area contributed by atoms with Crippen LogP contribution in [0.5, 0.6) is 0 Å². The molecule has 0 unspecified atom stereocenters. The lowest BCUT2D eigenvalue weighted by atomic mass is 9.75. The van der Waals surface area contributed by atoms with Gasteiger partial charge in [0.25, 0.3) is 5.91 Å². The second kappa shape index (κ2) is 7.22. The van der Waals surface area contributed by atoms with Gasteiger partial charge in [0.2, 0.25) is 0 Å². The van der Waals surface area contributed by atoms with Gasteiger partial charge in [0.1, 0.15) is 0 Å². The van der Waals surface area contributed by atoms with E-state index in [4.69, 9.17) is 0 Å². The molecule has 2 heterocycles. The van der Waals surface area contributed by atoms with Gasteiger partial charge in [-0.1, -0.05) is 24.3 Å². The van der Waals surface area contributed by atoms with E-state index in [1.807, 2.05) is 42.5 Å². The van der Waals surface area contributed by atoms with E-state index in [-0.39, 0.29) is 24.0 Å². The number of nitrogens with zero attached hydrogens (tertiary/aromatic N) is 2. The average Bonchev–Trinajstić information content (AvgIpc) is 2.65. The number of nitrogens with one attached hydrogen (secondary N) is 1. The Bertz CT molecular complexity index is 902. The molecule has 1 saturated carbocycles. The minimum absolute atomic E-state index is 0.0484. The Morgan fingerprint density at radius 2 is 1.88 bits per heavy atom. The first-order chi connectivity index (χ1) is 12.7. The molecule has 1 aliphatic rings. The van der Waals surface area contributed by atoms with Crippen LogP contribution in [0.4, 0.5) is 0 Å². The SMILES string of the molecule is O=C(N[C@@H](Cc1ccccn1)C1CC(O)C1)c1ccnc2ccccc12. The predicted molar refractivity (Wildman–Crippen MR) is 99.7 cm³/mol. The normalized spacial score (nSPS) is 20.3. The molecule has 5 heteroatoms. The van der Waals surface area contributed by atoms with Crippen molar-refractivity contribution in [3.05, 3.63) is 72.2 Å². The Morgan fingerprint density at radius 3 is 2.65 bits per heavy atom. The van der Waals surface area contributed by atoms with Crippen LogP contribution in [-0.4, -0.2) is 33.1 Å². The number of fused-ring (bicyclic) bond motifs is 1. The van der Waals surface area contributed by atoms with E-state index in [0.29, 0.717) is 12.0 Å². The Balaban J connectivity index is 1.57. The van der Waals surface area contributed by atoms with Gasteiger partial charge in [0, 0.05) is 35.9 Å². The number of carbonyl (C=O) groups is 1. The van der Waals surface area contributed by atoms with E-state index in [1.165, 1.54) is 0 Å². The highest BCUT2D eigenvalue weighted by atomic mass is 16.3. The zero-order chi connectivity index (χ0) is 17.9. The third kappa shape index (κ3) is 3.44. The molecule has 0 aliphatic heterocycles. The van der Waals surface area contributed by atoms with E-state index >= 15 is 0 Å². The number of aromatic nitrogens is 2. The van der Waals surface area contributed by atoms with Crippen LogP contribution in [-0.2, 0) is 6.42 Å². The van der Waals surface area contributed by atoms with Crippen LogP contribution >= 0.6 is 0 Å². The molecule has 1 fully saturated rings. The van der Waals surface area contributed by atoms with Crippen LogP contribution in [0, 0.1) is 5.92 Å². The van der Waals surface area contributed by atoms with Crippen molar-refractivity contribution in [1.82, 2.24) is 15.3 Å². The molecule has 1 amide bonds. The lowest BCUT2D eigenvalue weighted by Gasteiger charge is -2.38. The second-order valence-electron chi connectivity index (χ2n) is 6.87. The minimum Gasteiger partial charge on any atom is -0.393 e. The molecule has 0 spiro atoms. The summed E-state index contributed by atoms with van der Waals surface area (Å²) >= 11 is 0. The van der Waals surface area contributed by atoms with Crippen molar-refractivity contribution in [1.29, 1.82) is 0 Å². The van der Waals surface area contributed by atoms with Crippen molar-refractivity contribution in [2.45, 2.75) is 31.4 Å². The largest absolute Gasteiger partial charge is 0.393 e. The maximum Gasteiger partial charge on any atom is 0.252 e. The van der Waals surface area contributed by atoms with Gasteiger partial charge in [-0.05, 0) is 43.0 Å². The van der Waals surface area contributed by atoms with Crippen LogP contribution in [0.2, 0.25) is 0 Å². The first kappa shape index (κ1) is 16.7. The quantitative estimate of drug-likeness (QED) is 0.744. The predicted octanol–water partition coefficient (Wildman–Crippen LogP) is 2.74. The third-order valence-corrected chi connectivity index (χ3v) is 5.08. The molecule has 132 valence electrons. The third-order valence-electron chi connectivity index (χ3n) is 5.08. The van der Waals surface area contributed by atoms with Crippen LogP contribution in [0.1, 0.15) is 28.9 Å². The van der Waals surface area contributed by atoms with Gasteiger partial charge < -0.3 is 10.4 Å². The molecule has 0 bridgehead atoms. The van der Waals surface area contributed by atoms with Crippen molar-refractivity contribution < 1.29 is 9.90 Å². The molecule has 1 aliphatic carbocycles. The Kier molecular flexibility index (Phi) is 4.63. The fraction of sp³-hybridized carbons (Fsp3) is 0.286. The summed E-state index contributed by atoms with van der Waals surface area (Å²) in [5, 5.41) is 13.7. The van der Waals surface area contributed by atoms with Gasteiger partial charge in [-0.3, -0.25) is 14.8 Å². The topological polar surface area (TPSA) is 75.1 Å². The highest BCUT2D eigenvalue weighted by molar-refractivity contribution is 6.06. The highest BCUT2D eigenvalue weighted by Crippen LogP contribution is 2.32. The molecular weight excluding hydrogens is 326 g/mol. The molecule has 0 saturated heterocycles. The molecule has 1 aromatic carbocycles. The Labute approximate surface area is 152 Å². The average molecular weight is 347 g/mol. The minimum atomic E-state index is -0.259. The van der Waals surface area contributed by atoms with E-state index in [2.05, 4.69) is 15.3 Å². The Morgan fingerprint density at radius 1 is 1.08 bits per heavy atom. The fourth-order valence-electron chi connectivity index (χ4n) is 3.58. The van der Waals surface area contributed by atoms with Crippen molar-refractivity contribution in [2.24, 2.45) is 5.92 Å². The number of aliphatic hydroxyl groups excluding tert-OH is 1. The first-order valence-corrected chi connectivity index (χ1v) is 8.93. The molecular formula is C21H21N3O2. The van der Waals surface area contributed by atoms with Crippen LogP contribution in [0.3, 0.4) is 0 Å². The van der Waals surface area contributed by atoms with Crippen LogP contribution < -0.4 is 5.32 Å². The smallest absolute Gasteiger partial charge is 0.252 e. The molecule has 2 aromatic heterocycles. The summed E-state index contributed by atoms with van der Waals surface area (Å²) in [6.07, 6.45) is 5.26. The van der Waals surface area contributed by atoms with E-state index in [0.717, 1.165) is 29.4 Å². The number of pyridine rings is 2. The van der Waals surface area contributed by atoms with E-state index in [1.54, 1.807) is 18.5 Å². The second-order valence-corrected chi connectivity index (χ2v) is 6.87. The molecule has 1 atom stereocenters. The monoisotopic (exact) mass is 347 g/mol. The van der Waals surface area contributed by atoms with Gasteiger partial charge in [-0.25, -0.2) is 0 Å². The molecule has 5 nitrogen and oxygen atoms in total. The van der Waals surface area contributed by atoms with Gasteiger partial charge in [0.05, 0.1) is 17.2 Å². The zero-order valence-corrected chi connectivity index (χ0v) is 14.4. The number of para-hydroxylation sites is 1. The molecule has 0 radical (unpaired) electrons. The van der Waals surface area contributed by atoms with Crippen LogP contribution in [0.15, 0.2) is 60.9 Å². The summed E-state index contributed by atoms with van der Waals surface area (Å²) < 4.78 is 0. The number of carbonyl (C=O) groups excluding carboxylic acids is 1. The van der Waals surface area contributed by atoms with E-state index < -0.39 is 0 Å². The summed E-state index contributed by atoms with van der Waals surface area (Å²) in [5.74, 6) is 0.162. The maximum absolute atomic E-state index is 13.0. The van der Waals surface area contributed by atoms with Gasteiger partial charge >= 0.3 is 0 Å². The lowest BCUT2D eigenvalue weighted by molar-refractivity contribution is 0.0238. The first-order valence-electron chi connectivity index (χ1n) is 8.93. The van der Waals surface area contributed by atoms with Gasteiger partial charge in [-0.2, -0.15) is 0 Å². The van der Waals surface area contributed by atoms with Gasteiger partial charge in [-0.15, -0.1) is 0 Å². The number of rotatable bonds is 5. The van der Waals surface area contributed by atoms with Crippen LogP contribution in [0.25, 0.3) is 10.9 Å². The summed E-state index contributed by atoms with van der Waals surface area (Å²) in [6, 6.07) is 15.2. The number of benzene rings is 1. The summed E-state index contributed by atoms with van der Waals surface area (Å²) in [7, 11) is 0. The molecule has 3 aromatic rings. The van der Waals surface area contributed by atoms with Crippen molar-refractivity contribution >= 4 is 16.8 Å². The lowest BCUT2D eigenvalue weighted by Crippen LogP contribution is -2.48. The number of hydrogen-bond acceptors (Lipinski definition) is 4. The Hall–Kier alpha value is -2.79.